The summed E-state index contributed by atoms with van der Waals surface area (Å²) in [4.78, 5) is 5.89. The van der Waals surface area contributed by atoms with Crippen molar-refractivity contribution in [3.8, 4) is 5.75 Å². The van der Waals surface area contributed by atoms with E-state index in [1.807, 2.05) is 12.1 Å². The summed E-state index contributed by atoms with van der Waals surface area (Å²) in [6, 6.07) is 16.4. The topological polar surface area (TPSA) is 12.5 Å². The summed E-state index contributed by atoms with van der Waals surface area (Å²) in [5.41, 5.74) is 2.55. The van der Waals surface area contributed by atoms with Crippen molar-refractivity contribution in [2.24, 2.45) is 0 Å². The van der Waals surface area contributed by atoms with Crippen LogP contribution in [0.2, 0.25) is 5.02 Å². The maximum absolute atomic E-state index is 5.91. The van der Waals surface area contributed by atoms with Gasteiger partial charge in [0, 0.05) is 18.1 Å². The van der Waals surface area contributed by atoms with Gasteiger partial charge in [-0.1, -0.05) is 42.3 Å². The van der Waals surface area contributed by atoms with Crippen molar-refractivity contribution in [2.75, 3.05) is 13.1 Å². The fourth-order valence-electron chi connectivity index (χ4n) is 2.61. The first-order valence-electron chi connectivity index (χ1n) is 7.56. The minimum atomic E-state index is 0.782. The molecule has 3 heteroatoms. The smallest absolute Gasteiger partial charge is 0.147 e. The molecule has 0 atom stereocenters. The Morgan fingerprint density at radius 3 is 2.00 bits per heavy atom. The zero-order chi connectivity index (χ0) is 14.5. The Balaban J connectivity index is 1.59. The fourth-order valence-corrected chi connectivity index (χ4v) is 2.74. The lowest BCUT2D eigenvalue weighted by atomic mass is 10.1. The van der Waals surface area contributed by atoms with Crippen LogP contribution in [0.5, 0.6) is 5.75 Å². The van der Waals surface area contributed by atoms with Gasteiger partial charge in [0.05, 0.1) is 0 Å². The third-order valence-electron chi connectivity index (χ3n) is 3.79. The number of hydrogen-bond donors (Lipinski definition) is 0. The summed E-state index contributed by atoms with van der Waals surface area (Å²) in [6.07, 6.45) is 4.70. The van der Waals surface area contributed by atoms with Crippen molar-refractivity contribution in [3.63, 3.8) is 0 Å². The Labute approximate surface area is 131 Å². The quantitative estimate of drug-likeness (QED) is 0.811. The molecule has 2 aromatic carbocycles. The Hall–Kier alpha value is -1.51. The van der Waals surface area contributed by atoms with Crippen LogP contribution in [0.3, 0.4) is 0 Å². The first kappa shape index (κ1) is 14.4. The van der Waals surface area contributed by atoms with Gasteiger partial charge < -0.3 is 4.84 Å². The second kappa shape index (κ2) is 6.97. The number of rotatable bonds is 4. The van der Waals surface area contributed by atoms with Crippen LogP contribution in [0.4, 0.5) is 0 Å². The lowest BCUT2D eigenvalue weighted by molar-refractivity contribution is -0.0720. The van der Waals surface area contributed by atoms with Gasteiger partial charge in [0.2, 0.25) is 0 Å². The molecule has 1 heterocycles. The number of hydroxylamine groups is 2. The monoisotopic (exact) mass is 301 g/mol. The first-order chi connectivity index (χ1) is 10.3. The maximum atomic E-state index is 5.91. The predicted octanol–water partition coefficient (Wildman–Crippen LogP) is 4.71. The number of hydrogen-bond acceptors (Lipinski definition) is 2. The highest BCUT2D eigenvalue weighted by atomic mass is 35.5. The van der Waals surface area contributed by atoms with Crippen molar-refractivity contribution in [2.45, 2.75) is 25.7 Å². The van der Waals surface area contributed by atoms with E-state index < -0.39 is 0 Å². The number of halogens is 1. The van der Waals surface area contributed by atoms with Crippen molar-refractivity contribution in [3.05, 3.63) is 64.7 Å². The summed E-state index contributed by atoms with van der Waals surface area (Å²) in [5, 5.41) is 2.85. The van der Waals surface area contributed by atoms with Crippen LogP contribution in [-0.2, 0) is 6.42 Å². The first-order valence-corrected chi connectivity index (χ1v) is 7.94. The Morgan fingerprint density at radius 1 is 0.810 bits per heavy atom. The molecule has 0 N–H and O–H groups in total. The number of nitrogens with zero attached hydrogens (tertiary/aromatic N) is 1. The van der Waals surface area contributed by atoms with Crippen molar-refractivity contribution in [1.82, 2.24) is 5.06 Å². The zero-order valence-electron chi connectivity index (χ0n) is 12.1. The van der Waals surface area contributed by atoms with Gasteiger partial charge in [-0.25, -0.2) is 0 Å². The molecule has 1 aliphatic heterocycles. The molecule has 0 spiro atoms. The molecular weight excluding hydrogens is 282 g/mol. The molecule has 1 aliphatic rings. The standard InChI is InChI=1S/C18H20ClNO/c19-17-8-4-15(5-9-17)14-16-6-10-18(11-7-16)21-20-12-2-1-3-13-20/h4-11H,1-3,12-14H2. The molecule has 110 valence electrons. The molecule has 0 unspecified atom stereocenters. The third-order valence-corrected chi connectivity index (χ3v) is 4.05. The molecule has 2 nitrogen and oxygen atoms in total. The van der Waals surface area contributed by atoms with Crippen LogP contribution >= 0.6 is 11.6 Å². The summed E-state index contributed by atoms with van der Waals surface area (Å²) >= 11 is 5.91. The lowest BCUT2D eigenvalue weighted by Crippen LogP contribution is -2.32. The Morgan fingerprint density at radius 2 is 1.38 bits per heavy atom. The minimum Gasteiger partial charge on any atom is -0.406 e. The van der Waals surface area contributed by atoms with E-state index in [9.17, 15) is 0 Å². The average molecular weight is 302 g/mol. The summed E-state index contributed by atoms with van der Waals surface area (Å²) in [7, 11) is 0. The molecule has 21 heavy (non-hydrogen) atoms. The van der Waals surface area contributed by atoms with Gasteiger partial charge in [0.15, 0.2) is 0 Å². The van der Waals surface area contributed by atoms with E-state index in [1.165, 1.54) is 30.4 Å². The van der Waals surface area contributed by atoms with Gasteiger partial charge in [-0.3, -0.25) is 0 Å². The van der Waals surface area contributed by atoms with Crippen LogP contribution in [-0.4, -0.2) is 18.2 Å². The van der Waals surface area contributed by atoms with Gasteiger partial charge in [-0.15, -0.1) is 5.06 Å². The fraction of sp³-hybridized carbons (Fsp3) is 0.333. The van der Waals surface area contributed by atoms with Gasteiger partial charge in [0.1, 0.15) is 5.75 Å². The number of benzene rings is 2. The highest BCUT2D eigenvalue weighted by Gasteiger charge is 2.11. The van der Waals surface area contributed by atoms with Gasteiger partial charge in [0.25, 0.3) is 0 Å². The van der Waals surface area contributed by atoms with E-state index in [4.69, 9.17) is 16.4 Å². The van der Waals surface area contributed by atoms with Crippen LogP contribution in [0.15, 0.2) is 48.5 Å². The predicted molar refractivity (Wildman–Crippen MR) is 86.8 cm³/mol. The normalized spacial score (nSPS) is 15.9. The molecule has 1 fully saturated rings. The Kier molecular flexibility index (Phi) is 4.79. The highest BCUT2D eigenvalue weighted by Crippen LogP contribution is 2.19. The SMILES string of the molecule is Clc1ccc(Cc2ccc(ON3CCCCC3)cc2)cc1. The van der Waals surface area contributed by atoms with Gasteiger partial charge >= 0.3 is 0 Å². The van der Waals surface area contributed by atoms with E-state index >= 15 is 0 Å². The van der Waals surface area contributed by atoms with Crippen LogP contribution < -0.4 is 4.84 Å². The summed E-state index contributed by atoms with van der Waals surface area (Å²) < 4.78 is 0. The maximum Gasteiger partial charge on any atom is 0.147 e. The van der Waals surface area contributed by atoms with Crippen LogP contribution in [0, 0.1) is 0 Å². The number of piperidine rings is 1. The van der Waals surface area contributed by atoms with Gasteiger partial charge in [-0.05, 0) is 54.7 Å². The molecular formula is C18H20ClNO. The second-order valence-corrected chi connectivity index (χ2v) is 5.96. The average Bonchev–Trinajstić information content (AvgIpc) is 2.53. The molecule has 0 radical (unpaired) electrons. The van der Waals surface area contributed by atoms with E-state index in [-0.39, 0.29) is 0 Å². The van der Waals surface area contributed by atoms with Gasteiger partial charge in [-0.2, -0.15) is 0 Å². The molecule has 3 rings (SSSR count). The molecule has 2 aromatic rings. The van der Waals surface area contributed by atoms with Crippen molar-refractivity contribution >= 4 is 11.6 Å². The van der Waals surface area contributed by atoms with Crippen molar-refractivity contribution < 1.29 is 4.84 Å². The van der Waals surface area contributed by atoms with Crippen LogP contribution in [0.1, 0.15) is 30.4 Å². The highest BCUT2D eigenvalue weighted by molar-refractivity contribution is 6.30. The molecule has 0 amide bonds. The molecule has 0 bridgehead atoms. The molecule has 1 saturated heterocycles. The largest absolute Gasteiger partial charge is 0.406 e. The summed E-state index contributed by atoms with van der Waals surface area (Å²) in [5.74, 6) is 0.928. The molecule has 0 aliphatic carbocycles. The zero-order valence-corrected chi connectivity index (χ0v) is 12.9. The van der Waals surface area contributed by atoms with E-state index in [1.54, 1.807) is 0 Å². The van der Waals surface area contributed by atoms with E-state index in [0.29, 0.717) is 0 Å². The van der Waals surface area contributed by atoms with E-state index in [0.717, 1.165) is 30.3 Å². The minimum absolute atomic E-state index is 0.782. The Bertz CT molecular complexity index is 559. The lowest BCUT2D eigenvalue weighted by Gasteiger charge is -2.26. The third kappa shape index (κ3) is 4.23. The molecule has 0 aromatic heterocycles. The summed E-state index contributed by atoms with van der Waals surface area (Å²) in [6.45, 7) is 2.07. The molecule has 0 saturated carbocycles. The second-order valence-electron chi connectivity index (χ2n) is 5.53. The van der Waals surface area contributed by atoms with E-state index in [2.05, 4.69) is 41.5 Å². The van der Waals surface area contributed by atoms with Crippen LogP contribution in [0.25, 0.3) is 0 Å². The van der Waals surface area contributed by atoms with Crippen molar-refractivity contribution in [1.29, 1.82) is 0 Å².